The summed E-state index contributed by atoms with van der Waals surface area (Å²) in [5, 5.41) is 6.34. The summed E-state index contributed by atoms with van der Waals surface area (Å²) in [6, 6.07) is 8.57. The zero-order valence-electron chi connectivity index (χ0n) is 12.7. The third kappa shape index (κ3) is 4.70. The number of nitrogens with one attached hydrogen (secondary N) is 2. The molecule has 1 aromatic heterocycles. The van der Waals surface area contributed by atoms with Crippen LogP contribution in [0.5, 0.6) is 0 Å². The van der Waals surface area contributed by atoms with Crippen molar-refractivity contribution < 1.29 is 4.39 Å². The molecule has 0 aliphatic heterocycles. The van der Waals surface area contributed by atoms with Gasteiger partial charge in [0.25, 0.3) is 0 Å². The Bertz CT molecular complexity index is 599. The van der Waals surface area contributed by atoms with Gasteiger partial charge >= 0.3 is 0 Å². The van der Waals surface area contributed by atoms with Crippen molar-refractivity contribution >= 4 is 11.8 Å². The first kappa shape index (κ1) is 15.2. The Morgan fingerprint density at radius 2 is 1.90 bits per heavy atom. The van der Waals surface area contributed by atoms with Gasteiger partial charge in [-0.25, -0.2) is 9.37 Å². The Hall–Kier alpha value is -2.17. The lowest BCUT2D eigenvalue weighted by atomic mass is 10.2. The van der Waals surface area contributed by atoms with E-state index >= 15 is 0 Å². The van der Waals surface area contributed by atoms with Crippen LogP contribution >= 0.6 is 0 Å². The molecule has 1 aromatic carbocycles. The second-order valence-corrected chi connectivity index (χ2v) is 5.44. The summed E-state index contributed by atoms with van der Waals surface area (Å²) < 4.78 is 13.6. The Morgan fingerprint density at radius 1 is 1.14 bits per heavy atom. The summed E-state index contributed by atoms with van der Waals surface area (Å²) in [7, 11) is 0. The molecule has 0 unspecified atom stereocenters. The van der Waals surface area contributed by atoms with Crippen LogP contribution in [0.3, 0.4) is 0 Å². The van der Waals surface area contributed by atoms with Crippen LogP contribution < -0.4 is 10.6 Å². The predicted octanol–water partition coefficient (Wildman–Crippen LogP) is 3.60. The van der Waals surface area contributed by atoms with Crippen molar-refractivity contribution in [3.05, 3.63) is 47.4 Å². The molecule has 2 rings (SSSR count). The van der Waals surface area contributed by atoms with Gasteiger partial charge in [0.05, 0.1) is 0 Å². The smallest absolute Gasteiger partial charge is 0.224 e. The van der Waals surface area contributed by atoms with Gasteiger partial charge in [-0.05, 0) is 18.9 Å². The summed E-state index contributed by atoms with van der Waals surface area (Å²) in [5.74, 6) is 1.59. The minimum absolute atomic E-state index is 0.214. The van der Waals surface area contributed by atoms with Gasteiger partial charge in [0.15, 0.2) is 0 Å². The number of nitrogens with zero attached hydrogens (tertiary/aromatic N) is 2. The fraction of sp³-hybridized carbons (Fsp3) is 0.375. The molecule has 0 spiro atoms. The molecule has 21 heavy (non-hydrogen) atoms. The van der Waals surface area contributed by atoms with Crippen LogP contribution in [0.15, 0.2) is 30.3 Å². The quantitative estimate of drug-likeness (QED) is 0.852. The van der Waals surface area contributed by atoms with E-state index in [-0.39, 0.29) is 5.82 Å². The van der Waals surface area contributed by atoms with Crippen LogP contribution in [0.2, 0.25) is 0 Å². The van der Waals surface area contributed by atoms with E-state index < -0.39 is 0 Å². The summed E-state index contributed by atoms with van der Waals surface area (Å²) >= 11 is 0. The van der Waals surface area contributed by atoms with Gasteiger partial charge in [0.2, 0.25) is 5.95 Å². The average Bonchev–Trinajstić information content (AvgIpc) is 2.44. The first-order valence-corrected chi connectivity index (χ1v) is 7.11. The molecule has 0 saturated heterocycles. The van der Waals surface area contributed by atoms with Crippen LogP contribution in [-0.2, 0) is 6.54 Å². The number of aryl methyl sites for hydroxylation is 1. The third-order valence-electron chi connectivity index (χ3n) is 2.94. The molecule has 0 radical (unpaired) electrons. The van der Waals surface area contributed by atoms with Crippen molar-refractivity contribution in [2.45, 2.75) is 27.3 Å². The monoisotopic (exact) mass is 288 g/mol. The lowest BCUT2D eigenvalue weighted by Crippen LogP contribution is -2.12. The van der Waals surface area contributed by atoms with Crippen molar-refractivity contribution in [2.75, 3.05) is 17.2 Å². The zero-order chi connectivity index (χ0) is 15.2. The van der Waals surface area contributed by atoms with Gasteiger partial charge in [-0.15, -0.1) is 0 Å². The summed E-state index contributed by atoms with van der Waals surface area (Å²) in [5.41, 5.74) is 1.48. The van der Waals surface area contributed by atoms with Crippen LogP contribution in [0.25, 0.3) is 0 Å². The second kappa shape index (κ2) is 7.02. The van der Waals surface area contributed by atoms with Gasteiger partial charge in [0, 0.05) is 30.4 Å². The highest BCUT2D eigenvalue weighted by atomic mass is 19.1. The standard InChI is InChI=1S/C16H21FN4/c1-11(2)9-19-16-20-12(3)8-15(21-16)18-10-13-6-4-5-7-14(13)17/h4-8,11H,9-10H2,1-3H3,(H2,18,19,20,21). The lowest BCUT2D eigenvalue weighted by molar-refractivity contribution is 0.613. The van der Waals surface area contributed by atoms with Crippen LogP contribution in [0.1, 0.15) is 25.1 Å². The van der Waals surface area contributed by atoms with E-state index in [0.29, 0.717) is 29.8 Å². The van der Waals surface area contributed by atoms with E-state index in [2.05, 4.69) is 34.4 Å². The van der Waals surface area contributed by atoms with Crippen molar-refractivity contribution in [2.24, 2.45) is 5.92 Å². The maximum absolute atomic E-state index is 13.6. The molecule has 0 amide bonds. The molecule has 0 saturated carbocycles. The van der Waals surface area contributed by atoms with E-state index in [1.165, 1.54) is 6.07 Å². The molecule has 0 bridgehead atoms. The number of rotatable bonds is 6. The minimum Gasteiger partial charge on any atom is -0.366 e. The Labute approximate surface area is 124 Å². The molecule has 0 atom stereocenters. The zero-order valence-corrected chi connectivity index (χ0v) is 12.7. The van der Waals surface area contributed by atoms with Crippen molar-refractivity contribution in [1.82, 2.24) is 9.97 Å². The normalized spacial score (nSPS) is 10.7. The highest BCUT2D eigenvalue weighted by molar-refractivity contribution is 5.42. The van der Waals surface area contributed by atoms with Crippen LogP contribution in [0.4, 0.5) is 16.2 Å². The molecular formula is C16H21FN4. The largest absolute Gasteiger partial charge is 0.366 e. The Balaban J connectivity index is 2.04. The van der Waals surface area contributed by atoms with Crippen LogP contribution in [0, 0.1) is 18.7 Å². The molecule has 0 aliphatic carbocycles. The Kier molecular flexibility index (Phi) is 5.09. The van der Waals surface area contributed by atoms with E-state index in [1.54, 1.807) is 12.1 Å². The number of anilines is 2. The lowest BCUT2D eigenvalue weighted by Gasteiger charge is -2.11. The van der Waals surface area contributed by atoms with Crippen LogP contribution in [-0.4, -0.2) is 16.5 Å². The summed E-state index contributed by atoms with van der Waals surface area (Å²) in [6.45, 7) is 7.37. The van der Waals surface area contributed by atoms with Gasteiger partial charge in [-0.3, -0.25) is 0 Å². The number of halogens is 1. The summed E-state index contributed by atoms with van der Waals surface area (Å²) in [6.07, 6.45) is 0. The first-order chi connectivity index (χ1) is 10.0. The molecule has 0 aliphatic rings. The number of benzene rings is 1. The maximum Gasteiger partial charge on any atom is 0.224 e. The SMILES string of the molecule is Cc1cc(NCc2ccccc2F)nc(NCC(C)C)n1. The van der Waals surface area contributed by atoms with Gasteiger partial charge in [0.1, 0.15) is 11.6 Å². The van der Waals surface area contributed by atoms with Gasteiger partial charge < -0.3 is 10.6 Å². The molecular weight excluding hydrogens is 267 g/mol. The summed E-state index contributed by atoms with van der Waals surface area (Å²) in [4.78, 5) is 8.74. The topological polar surface area (TPSA) is 49.8 Å². The fourth-order valence-corrected chi connectivity index (χ4v) is 1.86. The Morgan fingerprint density at radius 3 is 2.62 bits per heavy atom. The second-order valence-electron chi connectivity index (χ2n) is 5.44. The molecule has 4 nitrogen and oxygen atoms in total. The molecule has 112 valence electrons. The molecule has 2 N–H and O–H groups in total. The number of hydrogen-bond donors (Lipinski definition) is 2. The van der Waals surface area contributed by atoms with E-state index in [4.69, 9.17) is 0 Å². The molecule has 1 heterocycles. The van der Waals surface area contributed by atoms with Crippen molar-refractivity contribution in [3.63, 3.8) is 0 Å². The third-order valence-corrected chi connectivity index (χ3v) is 2.94. The predicted molar refractivity (Wildman–Crippen MR) is 83.8 cm³/mol. The average molecular weight is 288 g/mol. The maximum atomic E-state index is 13.6. The fourth-order valence-electron chi connectivity index (χ4n) is 1.86. The van der Waals surface area contributed by atoms with Crippen molar-refractivity contribution in [3.8, 4) is 0 Å². The molecule has 2 aromatic rings. The van der Waals surface area contributed by atoms with E-state index in [1.807, 2.05) is 19.1 Å². The minimum atomic E-state index is -0.214. The van der Waals surface area contributed by atoms with E-state index in [0.717, 1.165) is 12.2 Å². The first-order valence-electron chi connectivity index (χ1n) is 7.11. The number of aromatic nitrogens is 2. The van der Waals surface area contributed by atoms with Crippen molar-refractivity contribution in [1.29, 1.82) is 0 Å². The number of hydrogen-bond acceptors (Lipinski definition) is 4. The van der Waals surface area contributed by atoms with E-state index in [9.17, 15) is 4.39 Å². The highest BCUT2D eigenvalue weighted by Crippen LogP contribution is 2.13. The van der Waals surface area contributed by atoms with Gasteiger partial charge in [-0.2, -0.15) is 4.98 Å². The molecule has 0 fully saturated rings. The molecule has 5 heteroatoms. The highest BCUT2D eigenvalue weighted by Gasteiger charge is 2.05. The van der Waals surface area contributed by atoms with Gasteiger partial charge in [-0.1, -0.05) is 32.0 Å².